The summed E-state index contributed by atoms with van der Waals surface area (Å²) in [6, 6.07) is 1.59. The lowest BCUT2D eigenvalue weighted by atomic mass is 10.2. The zero-order valence-electron chi connectivity index (χ0n) is 10.0. The molecule has 19 heavy (non-hydrogen) atoms. The van der Waals surface area contributed by atoms with Gasteiger partial charge < -0.3 is 5.32 Å². The molecular weight excluding hydrogens is 316 g/mol. The number of unbranched alkanes of at least 4 members (excludes halogenated alkanes) is 1. The molecule has 0 saturated heterocycles. The van der Waals surface area contributed by atoms with Crippen molar-refractivity contribution in [2.45, 2.75) is 24.7 Å². The summed E-state index contributed by atoms with van der Waals surface area (Å²) in [5.41, 5.74) is -0.126. The molecule has 1 amide bonds. The molecule has 0 aliphatic rings. The minimum absolute atomic E-state index is 0.126. The van der Waals surface area contributed by atoms with Gasteiger partial charge in [-0.05, 0) is 18.6 Å². The predicted molar refractivity (Wildman–Crippen MR) is 71.7 cm³/mol. The second kappa shape index (κ2) is 6.54. The molecule has 0 unspecified atom stereocenters. The molecule has 0 aromatic heterocycles. The Balaban J connectivity index is 3.11. The Morgan fingerprint density at radius 1 is 1.42 bits per heavy atom. The maximum Gasteiger partial charge on any atom is 0.264 e. The van der Waals surface area contributed by atoms with Gasteiger partial charge in [-0.2, -0.15) is 0 Å². The summed E-state index contributed by atoms with van der Waals surface area (Å²) >= 11 is 5.72. The molecular formula is C11H12Cl2FNO3S. The molecule has 0 atom stereocenters. The molecule has 1 aromatic rings. The molecule has 0 heterocycles. The fraction of sp³-hybridized carbons (Fsp3) is 0.364. The maximum absolute atomic E-state index is 13.4. The topological polar surface area (TPSA) is 63.2 Å². The molecule has 1 rings (SSSR count). The van der Waals surface area contributed by atoms with Crippen molar-refractivity contribution >= 4 is 37.2 Å². The summed E-state index contributed by atoms with van der Waals surface area (Å²) < 4.78 is 35.7. The van der Waals surface area contributed by atoms with Gasteiger partial charge in [-0.1, -0.05) is 24.9 Å². The van der Waals surface area contributed by atoms with Gasteiger partial charge in [0.05, 0.1) is 10.6 Å². The van der Waals surface area contributed by atoms with Crippen LogP contribution in [0.5, 0.6) is 0 Å². The zero-order valence-corrected chi connectivity index (χ0v) is 12.4. The summed E-state index contributed by atoms with van der Waals surface area (Å²) in [6.45, 7) is 2.38. The normalized spacial score (nSPS) is 11.4. The lowest BCUT2D eigenvalue weighted by molar-refractivity contribution is 0.0953. The number of hydrogen-bond acceptors (Lipinski definition) is 3. The molecule has 106 valence electrons. The first-order chi connectivity index (χ1) is 8.77. The van der Waals surface area contributed by atoms with E-state index < -0.39 is 25.7 Å². The van der Waals surface area contributed by atoms with Crippen LogP contribution >= 0.6 is 22.3 Å². The fourth-order valence-electron chi connectivity index (χ4n) is 1.36. The maximum atomic E-state index is 13.4. The summed E-state index contributed by atoms with van der Waals surface area (Å²) in [5.74, 6) is -1.66. The Labute approximate surface area is 120 Å². The van der Waals surface area contributed by atoms with Gasteiger partial charge in [0, 0.05) is 17.2 Å². The smallest absolute Gasteiger partial charge is 0.264 e. The summed E-state index contributed by atoms with van der Waals surface area (Å²) in [5, 5.41) is 2.38. The highest BCUT2D eigenvalue weighted by atomic mass is 35.7. The zero-order chi connectivity index (χ0) is 14.6. The van der Waals surface area contributed by atoms with Crippen molar-refractivity contribution < 1.29 is 17.6 Å². The van der Waals surface area contributed by atoms with E-state index in [4.69, 9.17) is 22.3 Å². The van der Waals surface area contributed by atoms with E-state index in [0.29, 0.717) is 6.54 Å². The highest BCUT2D eigenvalue weighted by Gasteiger charge is 2.21. The summed E-state index contributed by atoms with van der Waals surface area (Å²) in [6.07, 6.45) is 1.66. The van der Waals surface area contributed by atoms with E-state index in [1.54, 1.807) is 0 Å². The van der Waals surface area contributed by atoms with Crippen molar-refractivity contribution in [3.63, 3.8) is 0 Å². The van der Waals surface area contributed by atoms with Crippen LogP contribution in [0.2, 0.25) is 5.02 Å². The monoisotopic (exact) mass is 327 g/mol. The number of halogens is 3. The Morgan fingerprint density at radius 3 is 2.58 bits per heavy atom. The molecule has 0 aliphatic heterocycles. The van der Waals surface area contributed by atoms with Crippen LogP contribution in [0.25, 0.3) is 0 Å². The third-order valence-corrected chi connectivity index (χ3v) is 3.99. The van der Waals surface area contributed by atoms with Crippen molar-refractivity contribution in [2.24, 2.45) is 0 Å². The number of carbonyl (C=O) groups is 1. The van der Waals surface area contributed by atoms with Gasteiger partial charge >= 0.3 is 0 Å². The van der Waals surface area contributed by atoms with Gasteiger partial charge in [0.2, 0.25) is 0 Å². The number of hydrogen-bond donors (Lipinski definition) is 1. The Morgan fingerprint density at radius 2 is 2.05 bits per heavy atom. The molecule has 0 fully saturated rings. The Kier molecular flexibility index (Phi) is 5.58. The van der Waals surface area contributed by atoms with Crippen LogP contribution in [-0.4, -0.2) is 20.9 Å². The van der Waals surface area contributed by atoms with E-state index in [-0.39, 0.29) is 10.6 Å². The molecule has 1 N–H and O–H groups in total. The quantitative estimate of drug-likeness (QED) is 0.668. The van der Waals surface area contributed by atoms with Crippen molar-refractivity contribution in [3.05, 3.63) is 28.5 Å². The highest BCUT2D eigenvalue weighted by Crippen LogP contribution is 2.26. The minimum Gasteiger partial charge on any atom is -0.352 e. The van der Waals surface area contributed by atoms with Crippen LogP contribution < -0.4 is 5.32 Å². The first-order valence-electron chi connectivity index (χ1n) is 5.49. The van der Waals surface area contributed by atoms with Crippen LogP contribution in [0.4, 0.5) is 4.39 Å². The molecule has 4 nitrogen and oxygen atoms in total. The first kappa shape index (κ1) is 16.2. The number of amides is 1. The van der Waals surface area contributed by atoms with E-state index in [1.165, 1.54) is 0 Å². The van der Waals surface area contributed by atoms with Crippen LogP contribution in [-0.2, 0) is 9.05 Å². The Bertz CT molecular complexity index is 590. The third-order valence-electron chi connectivity index (χ3n) is 2.34. The summed E-state index contributed by atoms with van der Waals surface area (Å²) in [4.78, 5) is 11.0. The van der Waals surface area contributed by atoms with Crippen LogP contribution in [0.15, 0.2) is 17.0 Å². The Hall–Kier alpha value is -0.850. The molecule has 1 aromatic carbocycles. The van der Waals surface area contributed by atoms with Gasteiger partial charge in [0.25, 0.3) is 15.0 Å². The fourth-order valence-corrected chi connectivity index (χ4v) is 2.51. The number of carbonyl (C=O) groups excluding carboxylic acids is 1. The summed E-state index contributed by atoms with van der Waals surface area (Å²) in [7, 11) is 0.804. The van der Waals surface area contributed by atoms with E-state index in [2.05, 4.69) is 5.32 Å². The second-order valence-corrected chi connectivity index (χ2v) is 6.75. The third kappa shape index (κ3) is 4.33. The molecule has 0 saturated carbocycles. The van der Waals surface area contributed by atoms with Gasteiger partial charge in [-0.3, -0.25) is 4.79 Å². The van der Waals surface area contributed by atoms with Gasteiger partial charge in [-0.15, -0.1) is 0 Å². The van der Waals surface area contributed by atoms with Gasteiger partial charge in [-0.25, -0.2) is 12.8 Å². The van der Waals surface area contributed by atoms with Crippen LogP contribution in [0.3, 0.4) is 0 Å². The number of rotatable bonds is 5. The number of nitrogens with one attached hydrogen (secondary N) is 1. The lowest BCUT2D eigenvalue weighted by Gasteiger charge is -2.08. The van der Waals surface area contributed by atoms with Crippen molar-refractivity contribution in [2.75, 3.05) is 6.54 Å². The van der Waals surface area contributed by atoms with E-state index in [0.717, 1.165) is 25.0 Å². The highest BCUT2D eigenvalue weighted by molar-refractivity contribution is 8.13. The van der Waals surface area contributed by atoms with E-state index in [9.17, 15) is 17.6 Å². The molecule has 0 spiro atoms. The predicted octanol–water partition coefficient (Wildman–Crippen LogP) is 2.94. The van der Waals surface area contributed by atoms with Crippen LogP contribution in [0.1, 0.15) is 30.1 Å². The van der Waals surface area contributed by atoms with E-state index >= 15 is 0 Å². The first-order valence-corrected chi connectivity index (χ1v) is 8.18. The standard InChI is InChI=1S/C11H12Cl2FNO3S/c1-2-3-4-15-11(16)7-5-10(19(13,17)18)9(14)6-8(7)12/h5-6H,2-4H2,1H3,(H,15,16). The number of benzene rings is 1. The molecule has 0 aliphatic carbocycles. The average molecular weight is 328 g/mol. The van der Waals surface area contributed by atoms with Crippen molar-refractivity contribution in [3.8, 4) is 0 Å². The van der Waals surface area contributed by atoms with Crippen LogP contribution in [0, 0.1) is 5.82 Å². The van der Waals surface area contributed by atoms with E-state index in [1.807, 2.05) is 6.92 Å². The molecule has 0 radical (unpaired) electrons. The van der Waals surface area contributed by atoms with Gasteiger partial charge in [0.1, 0.15) is 10.7 Å². The lowest BCUT2D eigenvalue weighted by Crippen LogP contribution is -2.25. The van der Waals surface area contributed by atoms with Gasteiger partial charge in [0.15, 0.2) is 0 Å². The molecule has 0 bridgehead atoms. The largest absolute Gasteiger partial charge is 0.352 e. The minimum atomic E-state index is -4.27. The molecule has 8 heteroatoms. The second-order valence-electron chi connectivity index (χ2n) is 3.81. The SMILES string of the molecule is CCCCNC(=O)c1cc(S(=O)(=O)Cl)c(F)cc1Cl. The average Bonchev–Trinajstić information content (AvgIpc) is 2.27. The van der Waals surface area contributed by atoms with Crippen molar-refractivity contribution in [1.82, 2.24) is 5.32 Å². The van der Waals surface area contributed by atoms with Crippen molar-refractivity contribution in [1.29, 1.82) is 0 Å².